The van der Waals surface area contributed by atoms with Crippen LogP contribution in [-0.2, 0) is 33.4 Å². The molecule has 13 nitrogen and oxygen atoms in total. The van der Waals surface area contributed by atoms with Crippen molar-refractivity contribution in [1.29, 1.82) is 0 Å². The number of oxime groups is 1. The maximum Gasteiger partial charge on any atom is 0.405 e. The molecule has 4 N–H and O–H groups in total. The molecule has 3 amide bonds. The van der Waals surface area contributed by atoms with Crippen LogP contribution in [0.4, 0.5) is 4.79 Å². The number of nitrogens with two attached hydrogens (primary N) is 1. The Balaban J connectivity index is 2.18. The van der Waals surface area contributed by atoms with Crippen molar-refractivity contribution in [3.8, 4) is 0 Å². The number of hydrogen-bond acceptors (Lipinski definition) is 10. The molecule has 0 aromatic heterocycles. The maximum atomic E-state index is 14.0. The zero-order valence-corrected chi connectivity index (χ0v) is 29.8. The van der Waals surface area contributed by atoms with Crippen LogP contribution in [0.25, 0.3) is 0 Å². The van der Waals surface area contributed by atoms with Crippen molar-refractivity contribution in [1.82, 2.24) is 10.6 Å². The second kappa shape index (κ2) is 19.1. The van der Waals surface area contributed by atoms with Crippen molar-refractivity contribution in [2.24, 2.45) is 22.7 Å². The highest BCUT2D eigenvalue weighted by Gasteiger charge is 2.34. The first-order chi connectivity index (χ1) is 24.3. The molecule has 0 saturated carbocycles. The van der Waals surface area contributed by atoms with Gasteiger partial charge in [-0.05, 0) is 50.3 Å². The fraction of sp³-hybridized carbons (Fsp3) is 0.368. The van der Waals surface area contributed by atoms with Gasteiger partial charge in [-0.1, -0.05) is 74.2 Å². The summed E-state index contributed by atoms with van der Waals surface area (Å²) in [5.74, 6) is -3.25. The lowest BCUT2D eigenvalue weighted by atomic mass is 9.85. The van der Waals surface area contributed by atoms with Crippen LogP contribution >= 0.6 is 0 Å². The molecule has 2 aliphatic rings. The van der Waals surface area contributed by atoms with E-state index in [0.29, 0.717) is 23.3 Å². The Morgan fingerprint density at radius 3 is 2.43 bits per heavy atom. The van der Waals surface area contributed by atoms with Crippen LogP contribution in [0.15, 0.2) is 107 Å². The molecule has 1 aliphatic carbocycles. The van der Waals surface area contributed by atoms with Crippen LogP contribution in [0.2, 0.25) is 0 Å². The summed E-state index contributed by atoms with van der Waals surface area (Å²) in [6.07, 6.45) is 5.86. The number of ketones is 2. The number of benzene rings is 1. The number of nitrogens with zero attached hydrogens (tertiary/aromatic N) is 1. The molecule has 51 heavy (non-hydrogen) atoms. The van der Waals surface area contributed by atoms with Gasteiger partial charge in [0.05, 0.1) is 23.2 Å². The Labute approximate surface area is 298 Å². The van der Waals surface area contributed by atoms with E-state index >= 15 is 0 Å². The monoisotopic (exact) mass is 702 g/mol. The number of ether oxygens (including phenoxy) is 3. The first-order valence-corrected chi connectivity index (χ1v) is 16.4. The summed E-state index contributed by atoms with van der Waals surface area (Å²) in [4.78, 5) is 71.4. The number of nitrogens with one attached hydrogen (secondary N) is 2. The first kappa shape index (κ1) is 40.0. The molecule has 5 atom stereocenters. The summed E-state index contributed by atoms with van der Waals surface area (Å²) in [5, 5.41) is 9.57. The Morgan fingerprint density at radius 1 is 1.10 bits per heavy atom. The highest BCUT2D eigenvalue weighted by molar-refractivity contribution is 6.24. The van der Waals surface area contributed by atoms with Crippen LogP contribution in [-0.4, -0.2) is 74.3 Å². The summed E-state index contributed by atoms with van der Waals surface area (Å²) in [7, 11) is 2.94. The van der Waals surface area contributed by atoms with Gasteiger partial charge < -0.3 is 35.4 Å². The number of rotatable bonds is 8. The fourth-order valence-electron chi connectivity index (χ4n) is 5.66. The second-order valence-corrected chi connectivity index (χ2v) is 12.2. The molecule has 0 spiro atoms. The molecule has 1 aliphatic heterocycles. The van der Waals surface area contributed by atoms with Gasteiger partial charge in [-0.2, -0.15) is 0 Å². The number of carbonyl (C=O) groups excluding carboxylic acids is 5. The zero-order valence-electron chi connectivity index (χ0n) is 29.8. The third-order valence-corrected chi connectivity index (χ3v) is 8.26. The predicted octanol–water partition coefficient (Wildman–Crippen LogP) is 4.39. The van der Waals surface area contributed by atoms with E-state index in [4.69, 9.17) is 24.8 Å². The molecule has 13 heteroatoms. The molecule has 1 aromatic carbocycles. The number of Topliss-reactive ketones (excluding diaryl/α,β-unsaturated/α-hetero) is 1. The van der Waals surface area contributed by atoms with Gasteiger partial charge in [0, 0.05) is 42.9 Å². The molecule has 0 saturated heterocycles. The van der Waals surface area contributed by atoms with E-state index in [1.165, 1.54) is 33.3 Å². The molecule has 2 bridgehead atoms. The van der Waals surface area contributed by atoms with Gasteiger partial charge in [-0.15, -0.1) is 0 Å². The summed E-state index contributed by atoms with van der Waals surface area (Å²) in [6.45, 7) is 10.8. The number of allylic oxidation sites excluding steroid dienone is 5. The minimum atomic E-state index is -1.01. The van der Waals surface area contributed by atoms with Gasteiger partial charge >= 0.3 is 6.09 Å². The van der Waals surface area contributed by atoms with Crippen molar-refractivity contribution in [2.45, 2.75) is 58.8 Å². The smallest absolute Gasteiger partial charge is 0.405 e. The van der Waals surface area contributed by atoms with Crippen molar-refractivity contribution >= 4 is 35.2 Å². The lowest BCUT2D eigenvalue weighted by Crippen LogP contribution is -2.38. The summed E-state index contributed by atoms with van der Waals surface area (Å²) >= 11 is 0. The Morgan fingerprint density at radius 2 is 1.80 bits per heavy atom. The Bertz CT molecular complexity index is 1690. The van der Waals surface area contributed by atoms with Crippen molar-refractivity contribution in [2.75, 3.05) is 20.8 Å². The molecule has 0 fully saturated rings. The van der Waals surface area contributed by atoms with Gasteiger partial charge in [0.2, 0.25) is 11.6 Å². The SMILES string of the molecule is C=CCO/N=C1/C(OC)C[C@H](C)CC2=C(NC(=O)c3ccccc3)C(=O)C=C(NC(=O)/C(C)=C/C=C\C(OC)C(OC(N)=O)/C(C)=C/[C@@H]1C)C2=O. The van der Waals surface area contributed by atoms with Crippen LogP contribution in [0, 0.1) is 11.8 Å². The topological polar surface area (TPSA) is 185 Å². The predicted molar refractivity (Wildman–Crippen MR) is 191 cm³/mol. The number of amides is 3. The number of fused-ring (bicyclic) bond motifs is 2. The average Bonchev–Trinajstić information content (AvgIpc) is 3.10. The second-order valence-electron chi connectivity index (χ2n) is 12.2. The zero-order chi connectivity index (χ0) is 37.7. The minimum Gasteiger partial charge on any atom is -0.439 e. The van der Waals surface area contributed by atoms with Gasteiger partial charge in [0.1, 0.15) is 12.7 Å². The van der Waals surface area contributed by atoms with E-state index in [-0.39, 0.29) is 41.5 Å². The number of carbonyl (C=O) groups is 5. The fourth-order valence-corrected chi connectivity index (χ4v) is 5.66. The van der Waals surface area contributed by atoms with Gasteiger partial charge in [-0.25, -0.2) is 4.79 Å². The Hall–Kier alpha value is -5.40. The molecular weight excluding hydrogens is 656 g/mol. The third-order valence-electron chi connectivity index (χ3n) is 8.26. The third kappa shape index (κ3) is 11.0. The van der Waals surface area contributed by atoms with E-state index in [2.05, 4.69) is 22.4 Å². The van der Waals surface area contributed by atoms with Crippen molar-refractivity contribution in [3.05, 3.63) is 107 Å². The van der Waals surface area contributed by atoms with Crippen molar-refractivity contribution < 1.29 is 43.0 Å². The van der Waals surface area contributed by atoms with E-state index < -0.39 is 53.7 Å². The average molecular weight is 703 g/mol. The van der Waals surface area contributed by atoms with Crippen LogP contribution in [0.5, 0.6) is 0 Å². The van der Waals surface area contributed by atoms with Crippen LogP contribution in [0.3, 0.4) is 0 Å². The summed E-state index contributed by atoms with van der Waals surface area (Å²) < 4.78 is 17.0. The normalized spacial score (nSPS) is 27.3. The molecule has 3 rings (SSSR count). The summed E-state index contributed by atoms with van der Waals surface area (Å²) in [5.41, 5.74) is 6.61. The molecule has 0 radical (unpaired) electrons. The molecule has 272 valence electrons. The highest BCUT2D eigenvalue weighted by atomic mass is 16.6. The minimum absolute atomic E-state index is 0.0310. The number of methoxy groups -OCH3 is 2. The van der Waals surface area contributed by atoms with E-state index in [1.807, 2.05) is 19.9 Å². The quantitative estimate of drug-likeness (QED) is 0.153. The van der Waals surface area contributed by atoms with E-state index in [0.717, 1.165) is 6.08 Å². The molecule has 1 heterocycles. The van der Waals surface area contributed by atoms with Gasteiger partial charge in [0.15, 0.2) is 6.10 Å². The maximum absolute atomic E-state index is 14.0. The lowest BCUT2D eigenvalue weighted by molar-refractivity contribution is -0.120. The van der Waals surface area contributed by atoms with E-state index in [9.17, 15) is 24.0 Å². The molecule has 3 unspecified atom stereocenters. The lowest BCUT2D eigenvalue weighted by Gasteiger charge is -2.27. The highest BCUT2D eigenvalue weighted by Crippen LogP contribution is 2.28. The molecule has 1 aromatic rings. The standard InChI is InChI=1S/C38H46N4O9/c1-8-17-50-42-32-24(4)20-25(5)35(51-38(39)47)30(48-6)16-12-13-23(3)36(45)40-28-21-29(43)33(41-37(46)26-14-10-9-11-15-26)27(34(28)44)18-22(2)19-31(32)49-7/h8-16,20-22,24,30-31,35H,1,17-19H2,2-7H3,(H2,39,47)(H,40,45)(H,41,46)/b16-12-,23-13+,25-20+,42-32+/t22-,24+,30?,31?,35?/m1/s1. The largest absolute Gasteiger partial charge is 0.439 e. The first-order valence-electron chi connectivity index (χ1n) is 16.4. The van der Waals surface area contributed by atoms with Crippen LogP contribution < -0.4 is 16.4 Å². The van der Waals surface area contributed by atoms with Gasteiger partial charge in [-0.3, -0.25) is 19.2 Å². The number of primary amides is 1. The summed E-state index contributed by atoms with van der Waals surface area (Å²) in [6, 6.07) is 8.28. The van der Waals surface area contributed by atoms with Crippen LogP contribution in [0.1, 0.15) is 50.9 Å². The number of hydrogen-bond donors (Lipinski definition) is 3. The molecular formula is C38H46N4O9. The van der Waals surface area contributed by atoms with E-state index in [1.54, 1.807) is 49.4 Å². The van der Waals surface area contributed by atoms with Crippen molar-refractivity contribution in [3.63, 3.8) is 0 Å². The Kier molecular flexibility index (Phi) is 15.0. The van der Waals surface area contributed by atoms with Gasteiger partial charge in [0.25, 0.3) is 11.8 Å².